The van der Waals surface area contributed by atoms with Crippen LogP contribution in [-0.4, -0.2) is 6.54 Å². The summed E-state index contributed by atoms with van der Waals surface area (Å²) >= 11 is 0. The zero-order valence-electron chi connectivity index (χ0n) is 12.8. The topological polar surface area (TPSA) is 15.9 Å². The van der Waals surface area contributed by atoms with Gasteiger partial charge in [0, 0.05) is 10.8 Å². The molecule has 110 valence electrons. The Balaban J connectivity index is 2.01. The van der Waals surface area contributed by atoms with Crippen LogP contribution in [0.2, 0.25) is 0 Å². The lowest BCUT2D eigenvalue weighted by atomic mass is 9.96. The molecule has 0 amide bonds. The van der Waals surface area contributed by atoms with Crippen LogP contribution >= 0.6 is 0 Å². The van der Waals surface area contributed by atoms with Crippen molar-refractivity contribution in [1.29, 1.82) is 0 Å². The monoisotopic (exact) mass is 297 g/mol. The molecule has 1 N–H and O–H groups in total. The summed E-state index contributed by atoms with van der Waals surface area (Å²) in [6.07, 6.45) is 0. The van der Waals surface area contributed by atoms with E-state index in [9.17, 15) is 0 Å². The number of hydrogen-bond acceptors (Lipinski definition) is 1. The minimum Gasteiger partial charge on any atom is -0.270 e. The first kappa shape index (κ1) is 12.7. The maximum Gasteiger partial charge on any atom is 0.283 e. The van der Waals surface area contributed by atoms with E-state index in [1.807, 2.05) is 0 Å². The fourth-order valence-electron chi connectivity index (χ4n) is 3.79. The number of anilines is 1. The zero-order valence-corrected chi connectivity index (χ0v) is 12.8. The van der Waals surface area contributed by atoms with Gasteiger partial charge >= 0.3 is 0 Å². The number of pyridine rings is 1. The smallest absolute Gasteiger partial charge is 0.270 e. The van der Waals surface area contributed by atoms with E-state index in [4.69, 9.17) is 0 Å². The molecule has 2 nitrogen and oxygen atoms in total. The van der Waals surface area contributed by atoms with E-state index in [-0.39, 0.29) is 0 Å². The van der Waals surface area contributed by atoms with Gasteiger partial charge in [-0.1, -0.05) is 60.7 Å². The van der Waals surface area contributed by atoms with Crippen molar-refractivity contribution in [2.45, 2.75) is 6.54 Å². The molecular weight excluding hydrogens is 280 g/mol. The van der Waals surface area contributed by atoms with E-state index in [2.05, 4.69) is 82.7 Å². The molecule has 2 heterocycles. The molecule has 0 saturated carbocycles. The van der Waals surface area contributed by atoms with Crippen molar-refractivity contribution in [2.24, 2.45) is 0 Å². The van der Waals surface area contributed by atoms with Crippen LogP contribution in [0.4, 0.5) is 5.82 Å². The van der Waals surface area contributed by atoms with Gasteiger partial charge in [0.1, 0.15) is 18.6 Å². The molecule has 4 aromatic rings. The number of nitrogens with zero attached hydrogens (tertiary/aromatic N) is 1. The summed E-state index contributed by atoms with van der Waals surface area (Å²) in [7, 11) is 0. The van der Waals surface area contributed by atoms with Gasteiger partial charge in [0.15, 0.2) is 0 Å². The maximum absolute atomic E-state index is 3.56. The van der Waals surface area contributed by atoms with Gasteiger partial charge in [0.25, 0.3) is 5.82 Å². The van der Waals surface area contributed by atoms with Crippen LogP contribution in [0.15, 0.2) is 72.8 Å². The summed E-state index contributed by atoms with van der Waals surface area (Å²) in [5.41, 5.74) is 3.89. The summed E-state index contributed by atoms with van der Waals surface area (Å²) in [4.78, 5) is 0. The number of fused-ring (bicyclic) bond motifs is 6. The minimum atomic E-state index is 0.999. The number of aromatic nitrogens is 1. The third-order valence-corrected chi connectivity index (χ3v) is 4.77. The normalized spacial score (nSPS) is 13.2. The van der Waals surface area contributed by atoms with Gasteiger partial charge in [-0.3, -0.25) is 5.32 Å². The van der Waals surface area contributed by atoms with Crippen molar-refractivity contribution >= 4 is 27.5 Å². The van der Waals surface area contributed by atoms with Gasteiger partial charge in [0.05, 0.1) is 5.39 Å². The minimum absolute atomic E-state index is 0.999. The van der Waals surface area contributed by atoms with Crippen molar-refractivity contribution in [3.05, 3.63) is 72.8 Å². The van der Waals surface area contributed by atoms with Crippen molar-refractivity contribution in [3.8, 4) is 11.1 Å². The van der Waals surface area contributed by atoms with Crippen molar-refractivity contribution in [1.82, 2.24) is 0 Å². The Kier molecular flexibility index (Phi) is 2.65. The highest BCUT2D eigenvalue weighted by molar-refractivity contribution is 6.14. The van der Waals surface area contributed by atoms with Crippen LogP contribution < -0.4 is 9.88 Å². The second kappa shape index (κ2) is 4.82. The van der Waals surface area contributed by atoms with Crippen LogP contribution in [0, 0.1) is 0 Å². The van der Waals surface area contributed by atoms with Gasteiger partial charge in [-0.05, 0) is 23.3 Å². The highest BCUT2D eigenvalue weighted by Crippen LogP contribution is 2.35. The molecule has 1 aliphatic heterocycles. The molecule has 0 aliphatic carbocycles. The average molecular weight is 297 g/mol. The predicted octanol–water partition coefficient (Wildman–Crippen LogP) is 4.37. The number of benzene rings is 3. The number of rotatable bonds is 1. The van der Waals surface area contributed by atoms with Crippen LogP contribution in [0.1, 0.15) is 0 Å². The molecule has 0 unspecified atom stereocenters. The van der Waals surface area contributed by atoms with E-state index in [0.29, 0.717) is 0 Å². The molecule has 0 radical (unpaired) electrons. The molecule has 23 heavy (non-hydrogen) atoms. The Morgan fingerprint density at radius 2 is 1.52 bits per heavy atom. The van der Waals surface area contributed by atoms with Crippen LogP contribution in [0.5, 0.6) is 0 Å². The first-order valence-electron chi connectivity index (χ1n) is 8.10. The molecule has 0 atom stereocenters. The van der Waals surface area contributed by atoms with Gasteiger partial charge < -0.3 is 0 Å². The Morgan fingerprint density at radius 3 is 2.39 bits per heavy atom. The highest BCUT2D eigenvalue weighted by atomic mass is 15.2. The lowest BCUT2D eigenvalue weighted by Crippen LogP contribution is -2.32. The lowest BCUT2D eigenvalue weighted by Gasteiger charge is -2.12. The summed E-state index contributed by atoms with van der Waals surface area (Å²) < 4.78 is 2.42. The largest absolute Gasteiger partial charge is 0.283 e. The molecule has 5 rings (SSSR count). The Bertz CT molecular complexity index is 1040. The zero-order chi connectivity index (χ0) is 15.2. The first-order valence-corrected chi connectivity index (χ1v) is 8.10. The van der Waals surface area contributed by atoms with Crippen LogP contribution in [0.25, 0.3) is 32.8 Å². The van der Waals surface area contributed by atoms with E-state index >= 15 is 0 Å². The average Bonchev–Trinajstić information content (AvgIpc) is 3.12. The fraction of sp³-hybridized carbons (Fsp3) is 0.0952. The van der Waals surface area contributed by atoms with Crippen LogP contribution in [0.3, 0.4) is 0 Å². The third kappa shape index (κ3) is 1.78. The molecule has 0 spiro atoms. The van der Waals surface area contributed by atoms with Gasteiger partial charge in [-0.2, -0.15) is 0 Å². The first-order chi connectivity index (χ1) is 11.4. The molecule has 2 heteroatoms. The maximum atomic E-state index is 3.56. The Hall–Kier alpha value is -2.87. The van der Waals surface area contributed by atoms with Gasteiger partial charge in [0.2, 0.25) is 0 Å². The van der Waals surface area contributed by atoms with Crippen molar-refractivity contribution in [3.63, 3.8) is 0 Å². The van der Waals surface area contributed by atoms with Crippen molar-refractivity contribution in [2.75, 3.05) is 11.9 Å². The van der Waals surface area contributed by atoms with Gasteiger partial charge in [-0.25, -0.2) is 4.57 Å². The highest BCUT2D eigenvalue weighted by Gasteiger charge is 2.25. The standard InChI is InChI=1S/C21H16N2/c1-2-7-15(8-3-1)16-11-6-12-19-20(16)17-9-4-5-10-18(17)21-22-13-14-23(19)21/h1-12H,13-14H2/p+1. The summed E-state index contributed by atoms with van der Waals surface area (Å²) in [5, 5.41) is 7.53. The van der Waals surface area contributed by atoms with E-state index in [1.54, 1.807) is 0 Å². The number of hydrogen-bond donors (Lipinski definition) is 1. The molecule has 3 aromatic carbocycles. The molecule has 0 bridgehead atoms. The summed E-state index contributed by atoms with van der Waals surface area (Å²) in [6.45, 7) is 2.02. The summed E-state index contributed by atoms with van der Waals surface area (Å²) in [6, 6.07) is 26.1. The SMILES string of the molecule is c1ccc(-c2cccc3c2c2ccccc2c2[n+]3CCN2)cc1. The third-order valence-electron chi connectivity index (χ3n) is 4.77. The Labute approximate surface area is 135 Å². The van der Waals surface area contributed by atoms with Crippen molar-refractivity contribution < 1.29 is 4.57 Å². The Morgan fingerprint density at radius 1 is 0.739 bits per heavy atom. The van der Waals surface area contributed by atoms with Gasteiger partial charge in [-0.15, -0.1) is 0 Å². The van der Waals surface area contributed by atoms with Crippen LogP contribution in [-0.2, 0) is 6.54 Å². The predicted molar refractivity (Wildman–Crippen MR) is 95.6 cm³/mol. The van der Waals surface area contributed by atoms with E-state index < -0.39 is 0 Å². The fourth-order valence-corrected chi connectivity index (χ4v) is 3.79. The molecule has 0 saturated heterocycles. The molecular formula is C21H17N2+. The summed E-state index contributed by atoms with van der Waals surface area (Å²) in [5.74, 6) is 1.25. The molecule has 0 fully saturated rings. The van der Waals surface area contributed by atoms with E-state index in [1.165, 1.54) is 38.6 Å². The molecule has 1 aliphatic rings. The molecule has 1 aromatic heterocycles. The quantitative estimate of drug-likeness (QED) is 0.407. The second-order valence-corrected chi connectivity index (χ2v) is 6.04. The lowest BCUT2D eigenvalue weighted by molar-refractivity contribution is -0.643. The second-order valence-electron chi connectivity index (χ2n) is 6.04. The number of nitrogens with one attached hydrogen (secondary N) is 1. The van der Waals surface area contributed by atoms with E-state index in [0.717, 1.165) is 13.1 Å².